The summed E-state index contributed by atoms with van der Waals surface area (Å²) in [6, 6.07) is 0.00870. The molecule has 0 fully saturated rings. The molecule has 1 unspecified atom stereocenters. The Bertz CT molecular complexity index is 594. The van der Waals surface area contributed by atoms with E-state index in [9.17, 15) is 26.0 Å². The topological polar surface area (TPSA) is 58.2 Å². The predicted molar refractivity (Wildman–Crippen MR) is 71.4 cm³/mol. The lowest BCUT2D eigenvalue weighted by Gasteiger charge is -2.17. The third kappa shape index (κ3) is 4.31. The van der Waals surface area contributed by atoms with Gasteiger partial charge in [-0.25, -0.2) is 26.0 Å². The molecule has 1 rings (SSSR count). The fourth-order valence-electron chi connectivity index (χ4n) is 1.42. The Labute approximate surface area is 120 Å². The summed E-state index contributed by atoms with van der Waals surface area (Å²) < 4.78 is 78.3. The van der Waals surface area contributed by atoms with Gasteiger partial charge >= 0.3 is 0 Å². The molecule has 1 atom stereocenters. The van der Waals surface area contributed by atoms with E-state index in [1.165, 1.54) is 6.92 Å². The highest BCUT2D eigenvalue weighted by Gasteiger charge is 2.27. The number of rotatable bonds is 6. The largest absolute Gasteiger partial charge is 0.313 e. The molecule has 120 valence electrons. The Morgan fingerprint density at radius 3 is 1.95 bits per heavy atom. The first-order valence-electron chi connectivity index (χ1n) is 6.14. The summed E-state index contributed by atoms with van der Waals surface area (Å²) in [5.41, 5.74) is -1.36. The highest BCUT2D eigenvalue weighted by atomic mass is 32.2. The SMILES string of the molecule is CC(C)NCC(C)S(=O)(=O)Nc1c(F)c(F)cc(F)c1F. The van der Waals surface area contributed by atoms with E-state index in [-0.39, 0.29) is 18.7 Å². The molecule has 0 saturated carbocycles. The van der Waals surface area contributed by atoms with E-state index >= 15 is 0 Å². The molecule has 0 spiro atoms. The molecule has 1 aromatic carbocycles. The summed E-state index contributed by atoms with van der Waals surface area (Å²) in [5, 5.41) is 1.77. The Kier molecular flexibility index (Phi) is 5.57. The average Bonchev–Trinajstić information content (AvgIpc) is 2.38. The van der Waals surface area contributed by atoms with Crippen molar-refractivity contribution in [3.8, 4) is 0 Å². The molecular formula is C12H16F4N2O2S. The standard InChI is InChI=1S/C12H16F4N2O2S/c1-6(2)17-5-7(3)21(19,20)18-12-10(15)8(13)4-9(14)11(12)16/h4,6-7,17-18H,5H2,1-3H3. The van der Waals surface area contributed by atoms with Crippen LogP contribution in [0.1, 0.15) is 20.8 Å². The van der Waals surface area contributed by atoms with Gasteiger partial charge in [-0.05, 0) is 6.92 Å². The monoisotopic (exact) mass is 328 g/mol. The van der Waals surface area contributed by atoms with E-state index in [2.05, 4.69) is 5.32 Å². The molecule has 0 amide bonds. The number of anilines is 1. The van der Waals surface area contributed by atoms with Gasteiger partial charge in [-0.1, -0.05) is 13.8 Å². The first-order chi connectivity index (χ1) is 9.56. The molecule has 0 aromatic heterocycles. The van der Waals surface area contributed by atoms with E-state index in [1.807, 2.05) is 0 Å². The number of nitrogens with one attached hydrogen (secondary N) is 2. The number of sulfonamides is 1. The molecule has 0 heterocycles. The first kappa shape index (κ1) is 17.7. The highest BCUT2D eigenvalue weighted by molar-refractivity contribution is 7.93. The average molecular weight is 328 g/mol. The normalized spacial score (nSPS) is 13.5. The van der Waals surface area contributed by atoms with Crippen molar-refractivity contribution in [2.45, 2.75) is 32.1 Å². The van der Waals surface area contributed by atoms with Crippen LogP contribution in [0.4, 0.5) is 23.2 Å². The third-order valence-electron chi connectivity index (χ3n) is 2.70. The lowest BCUT2D eigenvalue weighted by molar-refractivity contribution is 0.459. The van der Waals surface area contributed by atoms with Gasteiger partial charge in [0.2, 0.25) is 10.0 Å². The second-order valence-corrected chi connectivity index (χ2v) is 6.96. The Morgan fingerprint density at radius 2 is 1.52 bits per heavy atom. The predicted octanol–water partition coefficient (Wildman–Crippen LogP) is 2.37. The lowest BCUT2D eigenvalue weighted by atomic mass is 10.3. The minimum atomic E-state index is -4.21. The zero-order chi connectivity index (χ0) is 16.4. The summed E-state index contributed by atoms with van der Waals surface area (Å²) >= 11 is 0. The van der Waals surface area contributed by atoms with Crippen LogP contribution >= 0.6 is 0 Å². The first-order valence-corrected chi connectivity index (χ1v) is 7.69. The van der Waals surface area contributed by atoms with E-state index in [4.69, 9.17) is 0 Å². The van der Waals surface area contributed by atoms with Gasteiger partial charge in [0.05, 0.1) is 5.25 Å². The second kappa shape index (κ2) is 6.61. The maximum absolute atomic E-state index is 13.4. The second-order valence-electron chi connectivity index (χ2n) is 4.86. The lowest BCUT2D eigenvalue weighted by Crippen LogP contribution is -2.37. The Balaban J connectivity index is 3.05. The van der Waals surface area contributed by atoms with Crippen molar-refractivity contribution in [3.05, 3.63) is 29.3 Å². The molecular weight excluding hydrogens is 312 g/mol. The summed E-state index contributed by atoms with van der Waals surface area (Å²) in [6.45, 7) is 4.87. The van der Waals surface area contributed by atoms with E-state index in [0.717, 1.165) is 0 Å². The zero-order valence-corrected chi connectivity index (χ0v) is 12.5. The van der Waals surface area contributed by atoms with Crippen LogP contribution in [-0.4, -0.2) is 26.3 Å². The van der Waals surface area contributed by atoms with Crippen LogP contribution in [0.5, 0.6) is 0 Å². The van der Waals surface area contributed by atoms with Crippen molar-refractivity contribution in [3.63, 3.8) is 0 Å². The van der Waals surface area contributed by atoms with Gasteiger partial charge in [-0.3, -0.25) is 4.72 Å². The van der Waals surface area contributed by atoms with Gasteiger partial charge in [0.15, 0.2) is 23.3 Å². The van der Waals surface area contributed by atoms with Crippen LogP contribution in [0.2, 0.25) is 0 Å². The van der Waals surface area contributed by atoms with E-state index in [1.54, 1.807) is 18.6 Å². The van der Waals surface area contributed by atoms with Crippen LogP contribution in [0, 0.1) is 23.3 Å². The molecule has 2 N–H and O–H groups in total. The van der Waals surface area contributed by atoms with Gasteiger partial charge in [-0.2, -0.15) is 0 Å². The van der Waals surface area contributed by atoms with Crippen molar-refractivity contribution >= 4 is 15.7 Å². The summed E-state index contributed by atoms with van der Waals surface area (Å²) in [4.78, 5) is 0. The van der Waals surface area contributed by atoms with Crippen LogP contribution in [0.3, 0.4) is 0 Å². The molecule has 0 saturated heterocycles. The van der Waals surface area contributed by atoms with Gasteiger partial charge in [0.25, 0.3) is 0 Å². The number of halogens is 4. The van der Waals surface area contributed by atoms with Crippen LogP contribution in [0.25, 0.3) is 0 Å². The van der Waals surface area contributed by atoms with E-state index in [0.29, 0.717) is 0 Å². The van der Waals surface area contributed by atoms with Crippen molar-refractivity contribution in [2.24, 2.45) is 0 Å². The molecule has 0 aliphatic carbocycles. The summed E-state index contributed by atoms with van der Waals surface area (Å²) in [6.07, 6.45) is 0. The summed E-state index contributed by atoms with van der Waals surface area (Å²) in [7, 11) is -4.21. The third-order valence-corrected chi connectivity index (χ3v) is 4.41. The molecule has 0 radical (unpaired) electrons. The molecule has 0 bridgehead atoms. The maximum atomic E-state index is 13.4. The summed E-state index contributed by atoms with van der Waals surface area (Å²) in [5.74, 6) is -6.94. The van der Waals surface area contributed by atoms with Crippen LogP contribution in [-0.2, 0) is 10.0 Å². The maximum Gasteiger partial charge on any atom is 0.236 e. The smallest absolute Gasteiger partial charge is 0.236 e. The zero-order valence-electron chi connectivity index (χ0n) is 11.7. The highest BCUT2D eigenvalue weighted by Crippen LogP contribution is 2.25. The van der Waals surface area contributed by atoms with Crippen molar-refractivity contribution in [2.75, 3.05) is 11.3 Å². The fraction of sp³-hybridized carbons (Fsp3) is 0.500. The van der Waals surface area contributed by atoms with Crippen LogP contribution in [0.15, 0.2) is 6.07 Å². The van der Waals surface area contributed by atoms with Gasteiger partial charge in [0, 0.05) is 18.7 Å². The Morgan fingerprint density at radius 1 is 1.05 bits per heavy atom. The number of benzene rings is 1. The van der Waals surface area contributed by atoms with Gasteiger partial charge in [0.1, 0.15) is 5.69 Å². The van der Waals surface area contributed by atoms with Gasteiger partial charge < -0.3 is 5.32 Å². The molecule has 9 heteroatoms. The molecule has 0 aliphatic heterocycles. The molecule has 4 nitrogen and oxygen atoms in total. The minimum Gasteiger partial charge on any atom is -0.313 e. The van der Waals surface area contributed by atoms with E-state index < -0.39 is 44.2 Å². The minimum absolute atomic E-state index is 0.00253. The fourth-order valence-corrected chi connectivity index (χ4v) is 2.40. The van der Waals surface area contributed by atoms with Crippen molar-refractivity contribution in [1.82, 2.24) is 5.32 Å². The molecule has 21 heavy (non-hydrogen) atoms. The quantitative estimate of drug-likeness (QED) is 0.623. The number of hydrogen-bond acceptors (Lipinski definition) is 3. The number of hydrogen-bond donors (Lipinski definition) is 2. The van der Waals surface area contributed by atoms with Crippen molar-refractivity contribution < 1.29 is 26.0 Å². The Hall–Kier alpha value is -1.35. The van der Waals surface area contributed by atoms with Crippen LogP contribution < -0.4 is 10.0 Å². The molecule has 1 aromatic rings. The van der Waals surface area contributed by atoms with Gasteiger partial charge in [-0.15, -0.1) is 0 Å². The molecule has 0 aliphatic rings. The van der Waals surface area contributed by atoms with Crippen molar-refractivity contribution in [1.29, 1.82) is 0 Å².